The van der Waals surface area contributed by atoms with Crippen molar-refractivity contribution in [1.29, 1.82) is 0 Å². The van der Waals surface area contributed by atoms with Gasteiger partial charge in [-0.2, -0.15) is 0 Å². The van der Waals surface area contributed by atoms with Gasteiger partial charge in [0.25, 0.3) is 0 Å². The van der Waals surface area contributed by atoms with Crippen molar-refractivity contribution in [2.45, 2.75) is 50.3 Å². The van der Waals surface area contributed by atoms with Crippen molar-refractivity contribution in [3.05, 3.63) is 0 Å². The quantitative estimate of drug-likeness (QED) is 0.701. The number of rotatable bonds is 3. The first kappa shape index (κ1) is 15.1. The number of carboxylic acids is 1. The maximum Gasteiger partial charge on any atom is 0.332 e. The summed E-state index contributed by atoms with van der Waals surface area (Å²) in [6.45, 7) is 4.89. The first-order chi connectivity index (χ1) is 9.33. The fourth-order valence-corrected chi connectivity index (χ4v) is 2.68. The van der Waals surface area contributed by atoms with E-state index in [-0.39, 0.29) is 24.7 Å². The number of hydrogen-bond acceptors (Lipinski definition) is 4. The Kier molecular flexibility index (Phi) is 4.19. The average molecular weight is 286 g/mol. The summed E-state index contributed by atoms with van der Waals surface area (Å²) in [4.78, 5) is 23.3. The molecule has 0 spiro atoms. The summed E-state index contributed by atoms with van der Waals surface area (Å²) in [5.74, 6) is -1.06. The van der Waals surface area contributed by atoms with Crippen LogP contribution in [-0.4, -0.2) is 54.1 Å². The Bertz CT molecular complexity index is 390. The monoisotopic (exact) mass is 286 g/mol. The summed E-state index contributed by atoms with van der Waals surface area (Å²) < 4.78 is 10.7. The molecule has 2 unspecified atom stereocenters. The van der Waals surface area contributed by atoms with Crippen LogP contribution in [0.3, 0.4) is 0 Å². The molecule has 3 N–H and O–H groups in total. The third kappa shape index (κ3) is 3.40. The second kappa shape index (κ2) is 5.57. The van der Waals surface area contributed by atoms with Gasteiger partial charge in [-0.05, 0) is 26.7 Å². The molecule has 0 aromatic heterocycles. The van der Waals surface area contributed by atoms with Crippen LogP contribution in [0.4, 0.5) is 4.79 Å². The molecule has 2 heterocycles. The lowest BCUT2D eigenvalue weighted by Crippen LogP contribution is -2.59. The van der Waals surface area contributed by atoms with Crippen molar-refractivity contribution in [3.8, 4) is 0 Å². The van der Waals surface area contributed by atoms with Gasteiger partial charge in [0.1, 0.15) is 0 Å². The third-order valence-corrected chi connectivity index (χ3v) is 3.82. The van der Waals surface area contributed by atoms with Gasteiger partial charge in [-0.25, -0.2) is 9.59 Å². The summed E-state index contributed by atoms with van der Waals surface area (Å²) in [6, 6.07) is -0.465. The smallest absolute Gasteiger partial charge is 0.332 e. The summed E-state index contributed by atoms with van der Waals surface area (Å²) >= 11 is 0. The molecule has 2 rings (SSSR count). The summed E-state index contributed by atoms with van der Waals surface area (Å²) in [5.41, 5.74) is -1.57. The highest BCUT2D eigenvalue weighted by Gasteiger charge is 2.44. The van der Waals surface area contributed by atoms with Gasteiger partial charge in [-0.1, -0.05) is 0 Å². The van der Waals surface area contributed by atoms with E-state index in [1.807, 2.05) is 13.8 Å². The molecule has 0 aliphatic carbocycles. The molecule has 7 nitrogen and oxygen atoms in total. The third-order valence-electron chi connectivity index (χ3n) is 3.82. The van der Waals surface area contributed by atoms with Gasteiger partial charge in [0, 0.05) is 25.7 Å². The molecule has 0 saturated carbocycles. The Morgan fingerprint density at radius 3 is 2.60 bits per heavy atom. The predicted octanol–water partition coefficient (Wildman–Crippen LogP) is 0.487. The van der Waals surface area contributed by atoms with Gasteiger partial charge < -0.3 is 25.2 Å². The molecule has 114 valence electrons. The largest absolute Gasteiger partial charge is 0.479 e. The lowest BCUT2D eigenvalue weighted by atomic mass is 9.94. The molecular weight excluding hydrogens is 264 g/mol. The van der Waals surface area contributed by atoms with Crippen molar-refractivity contribution in [1.82, 2.24) is 10.6 Å². The van der Waals surface area contributed by atoms with Crippen molar-refractivity contribution in [3.63, 3.8) is 0 Å². The van der Waals surface area contributed by atoms with Crippen LogP contribution in [-0.2, 0) is 14.3 Å². The molecule has 0 radical (unpaired) electrons. The van der Waals surface area contributed by atoms with Gasteiger partial charge in [0.05, 0.1) is 12.2 Å². The first-order valence-corrected chi connectivity index (χ1v) is 6.87. The standard InChI is InChI=1S/C13H22N2O5/c1-12(2)7-9(3-5-20-12)14-11(18)15-13(10(16)17)4-6-19-8-13/h9H,3-8H2,1-2H3,(H,16,17)(H2,14,15,18). The van der Waals surface area contributed by atoms with Gasteiger partial charge in [0.15, 0.2) is 5.54 Å². The predicted molar refractivity (Wildman–Crippen MR) is 70.5 cm³/mol. The van der Waals surface area contributed by atoms with Crippen molar-refractivity contribution in [2.24, 2.45) is 0 Å². The molecule has 0 aromatic rings. The summed E-state index contributed by atoms with van der Waals surface area (Å²) in [5, 5.41) is 14.6. The van der Waals surface area contributed by atoms with Crippen LogP contribution in [0.1, 0.15) is 33.1 Å². The van der Waals surface area contributed by atoms with Crippen LogP contribution in [0.15, 0.2) is 0 Å². The van der Waals surface area contributed by atoms with E-state index < -0.39 is 17.5 Å². The van der Waals surface area contributed by atoms with E-state index in [4.69, 9.17) is 9.47 Å². The number of carbonyl (C=O) groups is 2. The number of carbonyl (C=O) groups excluding carboxylic acids is 1. The number of ether oxygens (including phenoxy) is 2. The van der Waals surface area contributed by atoms with Gasteiger partial charge in [-0.15, -0.1) is 0 Å². The molecule has 2 amide bonds. The number of urea groups is 1. The number of nitrogens with one attached hydrogen (secondary N) is 2. The normalized spacial score (nSPS) is 32.6. The fourth-order valence-electron chi connectivity index (χ4n) is 2.68. The SMILES string of the molecule is CC1(C)CC(NC(=O)NC2(C(=O)O)CCOC2)CCO1. The van der Waals surface area contributed by atoms with Crippen LogP contribution < -0.4 is 10.6 Å². The Balaban J connectivity index is 1.90. The van der Waals surface area contributed by atoms with Crippen molar-refractivity contribution >= 4 is 12.0 Å². The molecule has 2 fully saturated rings. The molecule has 2 saturated heterocycles. The van der Waals surface area contributed by atoms with E-state index in [0.29, 0.717) is 19.6 Å². The molecule has 20 heavy (non-hydrogen) atoms. The zero-order chi connectivity index (χ0) is 14.8. The van der Waals surface area contributed by atoms with E-state index in [1.165, 1.54) is 0 Å². The highest BCUT2D eigenvalue weighted by molar-refractivity contribution is 5.86. The fraction of sp³-hybridized carbons (Fsp3) is 0.846. The highest BCUT2D eigenvalue weighted by atomic mass is 16.5. The minimum atomic E-state index is -1.30. The van der Waals surface area contributed by atoms with Gasteiger partial charge in [0.2, 0.25) is 0 Å². The van der Waals surface area contributed by atoms with Crippen molar-refractivity contribution < 1.29 is 24.2 Å². The zero-order valence-electron chi connectivity index (χ0n) is 11.9. The van der Waals surface area contributed by atoms with Crippen molar-refractivity contribution in [2.75, 3.05) is 19.8 Å². The van der Waals surface area contributed by atoms with Gasteiger partial charge >= 0.3 is 12.0 Å². The number of carboxylic acid groups (broad SMARTS) is 1. The van der Waals surface area contributed by atoms with Crippen LogP contribution in [0.25, 0.3) is 0 Å². The Morgan fingerprint density at radius 2 is 2.05 bits per heavy atom. The number of hydrogen-bond donors (Lipinski definition) is 3. The van der Waals surface area contributed by atoms with E-state index in [9.17, 15) is 14.7 Å². The zero-order valence-corrected chi connectivity index (χ0v) is 11.9. The Hall–Kier alpha value is -1.34. The van der Waals surface area contributed by atoms with E-state index in [2.05, 4.69) is 10.6 Å². The molecule has 0 aromatic carbocycles. The Morgan fingerprint density at radius 1 is 1.30 bits per heavy atom. The second-order valence-electron chi connectivity index (χ2n) is 6.09. The molecule has 2 aliphatic rings. The van der Waals surface area contributed by atoms with E-state index in [0.717, 1.165) is 6.42 Å². The lowest BCUT2D eigenvalue weighted by molar-refractivity contribution is -0.144. The van der Waals surface area contributed by atoms with Crippen LogP contribution in [0, 0.1) is 0 Å². The minimum absolute atomic E-state index is 0.00748. The topological polar surface area (TPSA) is 96.9 Å². The summed E-state index contributed by atoms with van der Waals surface area (Å²) in [7, 11) is 0. The van der Waals surface area contributed by atoms with Crippen LogP contribution in [0.2, 0.25) is 0 Å². The van der Waals surface area contributed by atoms with Crippen LogP contribution >= 0.6 is 0 Å². The first-order valence-electron chi connectivity index (χ1n) is 6.87. The molecule has 7 heteroatoms. The average Bonchev–Trinajstić information content (AvgIpc) is 2.77. The Labute approximate surface area is 118 Å². The maximum atomic E-state index is 12.0. The molecule has 0 bridgehead atoms. The highest BCUT2D eigenvalue weighted by Crippen LogP contribution is 2.24. The number of aliphatic carboxylic acids is 1. The lowest BCUT2D eigenvalue weighted by Gasteiger charge is -2.36. The number of amides is 2. The van der Waals surface area contributed by atoms with E-state index in [1.54, 1.807) is 0 Å². The molecule has 2 aliphatic heterocycles. The molecular formula is C13H22N2O5. The van der Waals surface area contributed by atoms with E-state index >= 15 is 0 Å². The molecule has 2 atom stereocenters. The minimum Gasteiger partial charge on any atom is -0.479 e. The van der Waals surface area contributed by atoms with Crippen LogP contribution in [0.5, 0.6) is 0 Å². The maximum absolute atomic E-state index is 12.0. The van der Waals surface area contributed by atoms with Gasteiger partial charge in [-0.3, -0.25) is 0 Å². The second-order valence-corrected chi connectivity index (χ2v) is 6.09. The summed E-state index contributed by atoms with van der Waals surface area (Å²) in [6.07, 6.45) is 1.72.